The molecule has 1 amide bonds. The van der Waals surface area contributed by atoms with Gasteiger partial charge in [0.05, 0.1) is 0 Å². The van der Waals surface area contributed by atoms with E-state index in [9.17, 15) is 4.79 Å². The van der Waals surface area contributed by atoms with Gasteiger partial charge in [0.25, 0.3) is 0 Å². The molecule has 1 heterocycles. The normalized spacial score (nSPS) is 9.71. The van der Waals surface area contributed by atoms with Crippen LogP contribution in [-0.4, -0.2) is 6.41 Å². The highest BCUT2D eigenvalue weighted by Gasteiger charge is 2.03. The van der Waals surface area contributed by atoms with E-state index in [4.69, 9.17) is 0 Å². The minimum atomic E-state index is 0.701. The second-order valence-corrected chi connectivity index (χ2v) is 3.73. The zero-order valence-electron chi connectivity index (χ0n) is 7.44. The number of hydrogen-bond donors (Lipinski definition) is 1. The monoisotopic (exact) mass is 203 g/mol. The first-order chi connectivity index (χ1) is 6.92. The van der Waals surface area contributed by atoms with E-state index < -0.39 is 0 Å². The molecule has 0 saturated heterocycles. The fourth-order valence-corrected chi connectivity index (χ4v) is 2.08. The van der Waals surface area contributed by atoms with Crippen molar-refractivity contribution in [3.05, 3.63) is 41.8 Å². The molecule has 0 fully saturated rings. The Morgan fingerprint density at radius 3 is 2.71 bits per heavy atom. The molecule has 0 bridgehead atoms. The van der Waals surface area contributed by atoms with E-state index in [0.717, 1.165) is 16.1 Å². The van der Waals surface area contributed by atoms with E-state index in [0.29, 0.717) is 6.41 Å². The number of carbonyl (C=O) groups excluding carboxylic acids is 1. The molecule has 0 spiro atoms. The van der Waals surface area contributed by atoms with Crippen molar-refractivity contribution in [1.29, 1.82) is 0 Å². The Morgan fingerprint density at radius 2 is 2.00 bits per heavy atom. The lowest BCUT2D eigenvalue weighted by atomic mass is 10.1. The van der Waals surface area contributed by atoms with Crippen LogP contribution in [0.5, 0.6) is 0 Å². The fraction of sp³-hybridized carbons (Fsp3) is 0. The lowest BCUT2D eigenvalue weighted by Gasteiger charge is -2.04. The molecule has 1 N–H and O–H groups in total. The lowest BCUT2D eigenvalue weighted by Crippen LogP contribution is -1.94. The standard InChI is InChI=1S/C11H9NOS/c13-8-12-10-5-2-1-4-9(10)11-6-3-7-14-11/h1-8H,(H,12,13). The lowest BCUT2D eigenvalue weighted by molar-refractivity contribution is -0.105. The summed E-state index contributed by atoms with van der Waals surface area (Å²) in [5, 5.41) is 4.71. The van der Waals surface area contributed by atoms with Crippen molar-refractivity contribution in [1.82, 2.24) is 0 Å². The van der Waals surface area contributed by atoms with Gasteiger partial charge in [-0.1, -0.05) is 24.3 Å². The van der Waals surface area contributed by atoms with Gasteiger partial charge < -0.3 is 5.32 Å². The predicted molar refractivity (Wildman–Crippen MR) is 59.4 cm³/mol. The van der Waals surface area contributed by atoms with Crippen molar-refractivity contribution in [2.24, 2.45) is 0 Å². The highest BCUT2D eigenvalue weighted by Crippen LogP contribution is 2.30. The van der Waals surface area contributed by atoms with Crippen LogP contribution in [0, 0.1) is 0 Å². The van der Waals surface area contributed by atoms with Crippen molar-refractivity contribution >= 4 is 23.4 Å². The summed E-state index contributed by atoms with van der Waals surface area (Å²) in [4.78, 5) is 11.6. The van der Waals surface area contributed by atoms with Gasteiger partial charge in [-0.3, -0.25) is 4.79 Å². The molecule has 0 aliphatic rings. The van der Waals surface area contributed by atoms with Crippen LogP contribution in [0.1, 0.15) is 0 Å². The maximum absolute atomic E-state index is 10.4. The summed E-state index contributed by atoms with van der Waals surface area (Å²) in [7, 11) is 0. The molecule has 0 saturated carbocycles. The molecule has 1 aromatic carbocycles. The van der Waals surface area contributed by atoms with Crippen LogP contribution in [0.15, 0.2) is 41.8 Å². The molecule has 2 aromatic rings. The third-order valence-electron chi connectivity index (χ3n) is 1.93. The number of rotatable bonds is 3. The van der Waals surface area contributed by atoms with Crippen molar-refractivity contribution in [3.8, 4) is 10.4 Å². The zero-order valence-corrected chi connectivity index (χ0v) is 8.25. The number of para-hydroxylation sites is 1. The second kappa shape index (κ2) is 4.07. The molecule has 3 heteroatoms. The molecule has 0 unspecified atom stereocenters. The van der Waals surface area contributed by atoms with Gasteiger partial charge in [-0.15, -0.1) is 11.3 Å². The first-order valence-corrected chi connectivity index (χ1v) is 5.13. The first kappa shape index (κ1) is 8.97. The Bertz CT molecular complexity index is 423. The maximum Gasteiger partial charge on any atom is 0.211 e. The summed E-state index contributed by atoms with van der Waals surface area (Å²) in [6.07, 6.45) is 0.701. The van der Waals surface area contributed by atoms with Crippen LogP contribution in [0.25, 0.3) is 10.4 Å². The predicted octanol–water partition coefficient (Wildman–Crippen LogP) is 2.98. The molecular formula is C11H9NOS. The Hall–Kier alpha value is -1.61. The zero-order chi connectivity index (χ0) is 9.80. The summed E-state index contributed by atoms with van der Waals surface area (Å²) in [6.45, 7) is 0. The third kappa shape index (κ3) is 1.67. The fourth-order valence-electron chi connectivity index (χ4n) is 1.32. The smallest absolute Gasteiger partial charge is 0.211 e. The third-order valence-corrected chi connectivity index (χ3v) is 2.83. The Labute approximate surface area is 86.2 Å². The van der Waals surface area contributed by atoms with Crippen LogP contribution in [0.2, 0.25) is 0 Å². The summed E-state index contributed by atoms with van der Waals surface area (Å²) >= 11 is 1.66. The van der Waals surface area contributed by atoms with Gasteiger partial charge in [-0.25, -0.2) is 0 Å². The van der Waals surface area contributed by atoms with Crippen LogP contribution in [-0.2, 0) is 4.79 Å². The first-order valence-electron chi connectivity index (χ1n) is 4.25. The van der Waals surface area contributed by atoms with E-state index in [-0.39, 0.29) is 0 Å². The van der Waals surface area contributed by atoms with Gasteiger partial charge in [0.2, 0.25) is 6.41 Å². The minimum absolute atomic E-state index is 0.701. The Kier molecular flexibility index (Phi) is 2.60. The highest BCUT2D eigenvalue weighted by molar-refractivity contribution is 7.13. The number of amides is 1. The van der Waals surface area contributed by atoms with Crippen LogP contribution < -0.4 is 5.32 Å². The highest BCUT2D eigenvalue weighted by atomic mass is 32.1. The number of hydrogen-bond acceptors (Lipinski definition) is 2. The second-order valence-electron chi connectivity index (χ2n) is 2.79. The number of carbonyl (C=O) groups is 1. The Balaban J connectivity index is 2.46. The molecule has 2 nitrogen and oxygen atoms in total. The van der Waals surface area contributed by atoms with Crippen LogP contribution in [0.3, 0.4) is 0 Å². The van der Waals surface area contributed by atoms with Crippen molar-refractivity contribution in [2.45, 2.75) is 0 Å². The molecule has 0 atom stereocenters. The summed E-state index contributed by atoms with van der Waals surface area (Å²) < 4.78 is 0. The Morgan fingerprint density at radius 1 is 1.14 bits per heavy atom. The largest absolute Gasteiger partial charge is 0.328 e. The molecule has 0 radical (unpaired) electrons. The molecule has 0 aliphatic heterocycles. The van der Waals surface area contributed by atoms with Crippen molar-refractivity contribution in [3.63, 3.8) is 0 Å². The van der Waals surface area contributed by atoms with Crippen LogP contribution in [0.4, 0.5) is 5.69 Å². The quantitative estimate of drug-likeness (QED) is 0.763. The average molecular weight is 203 g/mol. The van der Waals surface area contributed by atoms with Gasteiger partial charge >= 0.3 is 0 Å². The van der Waals surface area contributed by atoms with E-state index >= 15 is 0 Å². The van der Waals surface area contributed by atoms with E-state index in [1.54, 1.807) is 11.3 Å². The SMILES string of the molecule is O=CNc1ccccc1-c1cccs1. The van der Waals surface area contributed by atoms with E-state index in [1.165, 1.54) is 0 Å². The number of anilines is 1. The summed E-state index contributed by atoms with van der Waals surface area (Å²) in [5.41, 5.74) is 1.92. The van der Waals surface area contributed by atoms with E-state index in [1.807, 2.05) is 41.8 Å². The van der Waals surface area contributed by atoms with Crippen LogP contribution >= 0.6 is 11.3 Å². The minimum Gasteiger partial charge on any atom is -0.328 e. The van der Waals surface area contributed by atoms with Gasteiger partial charge in [-0.2, -0.15) is 0 Å². The summed E-state index contributed by atoms with van der Waals surface area (Å²) in [6, 6.07) is 11.8. The molecular weight excluding hydrogens is 194 g/mol. The van der Waals surface area contributed by atoms with E-state index in [2.05, 4.69) is 5.32 Å². The molecule has 0 aliphatic carbocycles. The van der Waals surface area contributed by atoms with Gasteiger partial charge in [-0.05, 0) is 17.5 Å². The summed E-state index contributed by atoms with van der Waals surface area (Å²) in [5.74, 6) is 0. The number of thiophene rings is 1. The molecule has 70 valence electrons. The molecule has 2 rings (SSSR count). The van der Waals surface area contributed by atoms with Gasteiger partial charge in [0.15, 0.2) is 0 Å². The van der Waals surface area contributed by atoms with Crippen molar-refractivity contribution in [2.75, 3.05) is 5.32 Å². The number of benzene rings is 1. The molecule has 1 aromatic heterocycles. The average Bonchev–Trinajstić information content (AvgIpc) is 2.72. The van der Waals surface area contributed by atoms with Crippen molar-refractivity contribution < 1.29 is 4.79 Å². The topological polar surface area (TPSA) is 29.1 Å². The van der Waals surface area contributed by atoms with Gasteiger partial charge in [0, 0.05) is 16.1 Å². The number of nitrogens with one attached hydrogen (secondary N) is 1. The maximum atomic E-state index is 10.4. The molecule has 14 heavy (non-hydrogen) atoms. The van der Waals surface area contributed by atoms with Gasteiger partial charge in [0.1, 0.15) is 0 Å².